The minimum Gasteiger partial charge on any atom is -0.467 e. The average molecular weight is 275 g/mol. The second kappa shape index (κ2) is 7.32. The van der Waals surface area contributed by atoms with Crippen LogP contribution in [0, 0.1) is 12.8 Å². The zero-order valence-electron chi connectivity index (χ0n) is 12.5. The largest absolute Gasteiger partial charge is 0.467 e. The molecule has 3 heteroatoms. The number of benzene rings is 1. The van der Waals surface area contributed by atoms with E-state index in [-0.39, 0.29) is 12.0 Å². The van der Waals surface area contributed by atoms with Gasteiger partial charge in [-0.3, -0.25) is 0 Å². The molecule has 1 N–H and O–H groups in total. The molecule has 1 atom stereocenters. The standard InChI is InChI=1S/C17H25NO2/c1-13-9-7-8-12-15(13)18-16(17(19)20-2)14-10-5-3-4-6-11-14/h7-9,12,14,16,18H,3-6,10-11H2,1-2H3. The Kier molecular flexibility index (Phi) is 5.45. The smallest absolute Gasteiger partial charge is 0.328 e. The number of nitrogens with one attached hydrogen (secondary N) is 1. The summed E-state index contributed by atoms with van der Waals surface area (Å²) in [7, 11) is 1.48. The van der Waals surface area contributed by atoms with Gasteiger partial charge in [-0.25, -0.2) is 4.79 Å². The molecule has 110 valence electrons. The first-order chi connectivity index (χ1) is 9.72. The summed E-state index contributed by atoms with van der Waals surface area (Å²) in [6.07, 6.45) is 7.22. The number of carbonyl (C=O) groups is 1. The van der Waals surface area contributed by atoms with Gasteiger partial charge in [-0.2, -0.15) is 0 Å². The van der Waals surface area contributed by atoms with Crippen molar-refractivity contribution in [3.8, 4) is 0 Å². The predicted octanol–water partition coefficient (Wildman–Crippen LogP) is 3.92. The summed E-state index contributed by atoms with van der Waals surface area (Å²) in [4.78, 5) is 12.2. The normalized spacial score (nSPS) is 18.1. The molecule has 2 rings (SSSR count). The maximum absolute atomic E-state index is 12.2. The highest BCUT2D eigenvalue weighted by atomic mass is 16.5. The Morgan fingerprint density at radius 2 is 1.85 bits per heavy atom. The maximum Gasteiger partial charge on any atom is 0.328 e. The van der Waals surface area contributed by atoms with Crippen molar-refractivity contribution >= 4 is 11.7 Å². The number of para-hydroxylation sites is 1. The van der Waals surface area contributed by atoms with Crippen LogP contribution in [0.4, 0.5) is 5.69 Å². The lowest BCUT2D eigenvalue weighted by molar-refractivity contribution is -0.142. The van der Waals surface area contributed by atoms with Crippen LogP contribution in [-0.4, -0.2) is 19.1 Å². The van der Waals surface area contributed by atoms with Crippen LogP contribution in [0.25, 0.3) is 0 Å². The van der Waals surface area contributed by atoms with Gasteiger partial charge in [0.25, 0.3) is 0 Å². The van der Waals surface area contributed by atoms with Crippen molar-refractivity contribution in [1.82, 2.24) is 0 Å². The Hall–Kier alpha value is -1.51. The Morgan fingerprint density at radius 3 is 2.45 bits per heavy atom. The zero-order valence-corrected chi connectivity index (χ0v) is 12.5. The first-order valence-electron chi connectivity index (χ1n) is 7.62. The summed E-state index contributed by atoms with van der Waals surface area (Å²) >= 11 is 0. The number of hydrogen-bond donors (Lipinski definition) is 1. The van der Waals surface area contributed by atoms with E-state index in [4.69, 9.17) is 4.74 Å². The Balaban J connectivity index is 2.14. The number of hydrogen-bond acceptors (Lipinski definition) is 3. The van der Waals surface area contributed by atoms with E-state index in [0.29, 0.717) is 5.92 Å². The molecule has 1 saturated carbocycles. The second-order valence-corrected chi connectivity index (χ2v) is 5.71. The van der Waals surface area contributed by atoms with Gasteiger partial charge >= 0.3 is 5.97 Å². The Morgan fingerprint density at radius 1 is 1.20 bits per heavy atom. The molecule has 3 nitrogen and oxygen atoms in total. The molecule has 0 aliphatic heterocycles. The summed E-state index contributed by atoms with van der Waals surface area (Å²) in [5.41, 5.74) is 2.20. The van der Waals surface area contributed by atoms with Gasteiger partial charge in [-0.15, -0.1) is 0 Å². The van der Waals surface area contributed by atoms with Gasteiger partial charge in [0.1, 0.15) is 6.04 Å². The van der Waals surface area contributed by atoms with Crippen LogP contribution in [0.2, 0.25) is 0 Å². The minimum atomic E-state index is -0.223. The summed E-state index contributed by atoms with van der Waals surface area (Å²) in [5.74, 6) is 0.240. The first kappa shape index (κ1) is 14.9. The molecule has 1 aromatic carbocycles. The number of methoxy groups -OCH3 is 1. The Bertz CT molecular complexity index is 436. The first-order valence-corrected chi connectivity index (χ1v) is 7.62. The fraction of sp³-hybridized carbons (Fsp3) is 0.588. The molecule has 1 aliphatic rings. The lowest BCUT2D eigenvalue weighted by Crippen LogP contribution is -2.38. The summed E-state index contributed by atoms with van der Waals surface area (Å²) in [5, 5.41) is 3.42. The molecule has 1 aliphatic carbocycles. The van der Waals surface area contributed by atoms with Gasteiger partial charge in [-0.05, 0) is 37.3 Å². The van der Waals surface area contributed by atoms with E-state index >= 15 is 0 Å². The maximum atomic E-state index is 12.2. The van der Waals surface area contributed by atoms with Crippen molar-refractivity contribution in [3.05, 3.63) is 29.8 Å². The van der Waals surface area contributed by atoms with Crippen molar-refractivity contribution in [2.75, 3.05) is 12.4 Å². The summed E-state index contributed by atoms with van der Waals surface area (Å²) in [6, 6.07) is 7.88. The van der Waals surface area contributed by atoms with E-state index in [1.165, 1.54) is 32.8 Å². The van der Waals surface area contributed by atoms with E-state index in [0.717, 1.165) is 24.1 Å². The number of carbonyl (C=O) groups excluding carboxylic acids is 1. The highest BCUT2D eigenvalue weighted by Crippen LogP contribution is 2.28. The van der Waals surface area contributed by atoms with Crippen LogP contribution in [-0.2, 0) is 9.53 Å². The summed E-state index contributed by atoms with van der Waals surface area (Å²) in [6.45, 7) is 2.06. The van der Waals surface area contributed by atoms with Crippen molar-refractivity contribution in [2.24, 2.45) is 5.92 Å². The fourth-order valence-electron chi connectivity index (χ4n) is 3.04. The van der Waals surface area contributed by atoms with Crippen LogP contribution >= 0.6 is 0 Å². The Labute approximate surface area is 121 Å². The summed E-state index contributed by atoms with van der Waals surface area (Å²) < 4.78 is 5.02. The van der Waals surface area contributed by atoms with E-state index in [1.54, 1.807) is 0 Å². The molecule has 0 heterocycles. The molecule has 0 amide bonds. The van der Waals surface area contributed by atoms with Gasteiger partial charge < -0.3 is 10.1 Å². The molecule has 1 unspecified atom stereocenters. The highest BCUT2D eigenvalue weighted by molar-refractivity contribution is 5.80. The topological polar surface area (TPSA) is 38.3 Å². The fourth-order valence-corrected chi connectivity index (χ4v) is 3.04. The quantitative estimate of drug-likeness (QED) is 0.668. The van der Waals surface area contributed by atoms with E-state index in [1.807, 2.05) is 18.2 Å². The number of aryl methyl sites for hydroxylation is 1. The van der Waals surface area contributed by atoms with Crippen molar-refractivity contribution in [1.29, 1.82) is 0 Å². The van der Waals surface area contributed by atoms with Gasteiger partial charge in [0.2, 0.25) is 0 Å². The van der Waals surface area contributed by atoms with Crippen molar-refractivity contribution in [2.45, 2.75) is 51.5 Å². The SMILES string of the molecule is COC(=O)C(Nc1ccccc1C)C1CCCCCC1. The van der Waals surface area contributed by atoms with Crippen LogP contribution in [0.3, 0.4) is 0 Å². The number of rotatable bonds is 4. The molecule has 0 aromatic heterocycles. The van der Waals surface area contributed by atoms with E-state index in [9.17, 15) is 4.79 Å². The van der Waals surface area contributed by atoms with Gasteiger partial charge in [0, 0.05) is 5.69 Å². The monoisotopic (exact) mass is 275 g/mol. The molecule has 1 fully saturated rings. The van der Waals surface area contributed by atoms with Gasteiger partial charge in [0.15, 0.2) is 0 Å². The van der Waals surface area contributed by atoms with Crippen LogP contribution < -0.4 is 5.32 Å². The van der Waals surface area contributed by atoms with Gasteiger partial charge in [-0.1, -0.05) is 43.9 Å². The number of ether oxygens (including phenoxy) is 1. The van der Waals surface area contributed by atoms with E-state index in [2.05, 4.69) is 18.3 Å². The number of anilines is 1. The van der Waals surface area contributed by atoms with E-state index < -0.39 is 0 Å². The predicted molar refractivity (Wildman–Crippen MR) is 81.8 cm³/mol. The highest BCUT2D eigenvalue weighted by Gasteiger charge is 2.29. The van der Waals surface area contributed by atoms with Gasteiger partial charge in [0.05, 0.1) is 7.11 Å². The minimum absolute atomic E-state index is 0.139. The lowest BCUT2D eigenvalue weighted by atomic mass is 9.91. The molecule has 0 bridgehead atoms. The van der Waals surface area contributed by atoms with Crippen molar-refractivity contribution in [3.63, 3.8) is 0 Å². The zero-order chi connectivity index (χ0) is 14.4. The third kappa shape index (κ3) is 3.75. The molecule has 0 saturated heterocycles. The lowest BCUT2D eigenvalue weighted by Gasteiger charge is -2.26. The third-order valence-electron chi connectivity index (χ3n) is 4.28. The average Bonchev–Trinajstić information content (AvgIpc) is 2.74. The molecule has 1 aromatic rings. The number of esters is 1. The van der Waals surface area contributed by atoms with Crippen LogP contribution in [0.1, 0.15) is 44.1 Å². The molecular formula is C17H25NO2. The van der Waals surface area contributed by atoms with Crippen molar-refractivity contribution < 1.29 is 9.53 Å². The second-order valence-electron chi connectivity index (χ2n) is 5.71. The third-order valence-corrected chi connectivity index (χ3v) is 4.28. The van der Waals surface area contributed by atoms with Crippen LogP contribution in [0.5, 0.6) is 0 Å². The molecule has 0 spiro atoms. The molecule has 0 radical (unpaired) electrons. The molecule has 20 heavy (non-hydrogen) atoms. The molecular weight excluding hydrogens is 250 g/mol. The van der Waals surface area contributed by atoms with Crippen LogP contribution in [0.15, 0.2) is 24.3 Å².